The fraction of sp³-hybridized carbons (Fsp3) is 0.105. The zero-order valence-electron chi connectivity index (χ0n) is 13.3. The van der Waals surface area contributed by atoms with Crippen LogP contribution in [0.15, 0.2) is 76.6 Å². The summed E-state index contributed by atoms with van der Waals surface area (Å²) in [6, 6.07) is 18.4. The number of hydrogen-bond acceptors (Lipinski definition) is 3. The summed E-state index contributed by atoms with van der Waals surface area (Å²) in [5.74, 6) is -0.0376. The van der Waals surface area contributed by atoms with Crippen LogP contribution < -0.4 is 0 Å². The molecule has 0 atom stereocenters. The molecule has 0 amide bonds. The number of rotatable bonds is 3. The van der Waals surface area contributed by atoms with Gasteiger partial charge in [-0.2, -0.15) is 0 Å². The molecule has 0 bridgehead atoms. The first-order valence-corrected chi connectivity index (χ1v) is 9.32. The molecule has 1 heterocycles. The van der Waals surface area contributed by atoms with Crippen molar-refractivity contribution in [2.45, 2.75) is 4.90 Å². The van der Waals surface area contributed by atoms with Crippen LogP contribution in [-0.2, 0) is 10.0 Å². The van der Waals surface area contributed by atoms with Gasteiger partial charge in [0.25, 0.3) is 10.0 Å². The minimum Gasteiger partial charge on any atom is -0.265 e. The van der Waals surface area contributed by atoms with Crippen molar-refractivity contribution in [2.24, 2.45) is 4.99 Å². The first kappa shape index (κ1) is 15.8. The highest BCUT2D eigenvalue weighted by atomic mass is 32.2. The molecule has 6 heteroatoms. The second-order valence-electron chi connectivity index (χ2n) is 5.76. The lowest BCUT2D eigenvalue weighted by Crippen LogP contribution is -2.35. The summed E-state index contributed by atoms with van der Waals surface area (Å²) in [7, 11) is -3.79. The molecule has 0 aliphatic carbocycles. The third kappa shape index (κ3) is 2.68. The summed E-state index contributed by atoms with van der Waals surface area (Å²) >= 11 is 0. The zero-order valence-corrected chi connectivity index (χ0v) is 14.1. The fourth-order valence-corrected chi connectivity index (χ4v) is 4.48. The maximum absolute atomic E-state index is 13.1. The summed E-state index contributed by atoms with van der Waals surface area (Å²) in [5, 5.41) is 1.97. The quantitative estimate of drug-likeness (QED) is 0.723. The van der Waals surface area contributed by atoms with E-state index in [9.17, 15) is 12.8 Å². The molecule has 3 aromatic rings. The Bertz CT molecular complexity index is 1070. The number of nitrogens with zero attached hydrogens (tertiary/aromatic N) is 2. The molecule has 1 aliphatic heterocycles. The van der Waals surface area contributed by atoms with Gasteiger partial charge in [-0.1, -0.05) is 42.5 Å². The van der Waals surface area contributed by atoms with E-state index in [-0.39, 0.29) is 11.4 Å². The largest absolute Gasteiger partial charge is 0.265 e. The minimum atomic E-state index is -3.79. The van der Waals surface area contributed by atoms with Crippen LogP contribution in [0.5, 0.6) is 0 Å². The number of halogens is 1. The third-order valence-corrected chi connectivity index (χ3v) is 6.04. The molecule has 0 aromatic heterocycles. The molecule has 0 N–H and O–H groups in total. The topological polar surface area (TPSA) is 49.7 Å². The van der Waals surface area contributed by atoms with E-state index in [4.69, 9.17) is 0 Å². The van der Waals surface area contributed by atoms with E-state index in [2.05, 4.69) is 4.99 Å². The SMILES string of the molecule is O=S(=O)(c1ccc(F)cc1)N1CCN=C1c1cccc2ccccc12. The lowest BCUT2D eigenvalue weighted by molar-refractivity contribution is 0.537. The van der Waals surface area contributed by atoms with Crippen LogP contribution >= 0.6 is 0 Å². The number of sulfonamides is 1. The van der Waals surface area contributed by atoms with E-state index >= 15 is 0 Å². The van der Waals surface area contributed by atoms with Crippen molar-refractivity contribution in [1.82, 2.24) is 4.31 Å². The number of aliphatic imine (C=N–C) groups is 1. The Balaban J connectivity index is 1.82. The molecule has 0 fully saturated rings. The molecule has 0 saturated carbocycles. The minimum absolute atomic E-state index is 0.0590. The Morgan fingerprint density at radius 1 is 0.920 bits per heavy atom. The predicted octanol–water partition coefficient (Wildman–Crippen LogP) is 3.43. The van der Waals surface area contributed by atoms with E-state index in [1.807, 2.05) is 42.5 Å². The molecule has 4 nitrogen and oxygen atoms in total. The monoisotopic (exact) mass is 354 g/mol. The van der Waals surface area contributed by atoms with Crippen molar-refractivity contribution in [2.75, 3.05) is 13.1 Å². The van der Waals surface area contributed by atoms with Gasteiger partial charge in [0.05, 0.1) is 18.0 Å². The Morgan fingerprint density at radius 3 is 2.44 bits per heavy atom. The lowest BCUT2D eigenvalue weighted by Gasteiger charge is -2.21. The number of amidine groups is 1. The van der Waals surface area contributed by atoms with E-state index in [0.717, 1.165) is 28.5 Å². The van der Waals surface area contributed by atoms with Gasteiger partial charge in [-0.25, -0.2) is 17.1 Å². The summed E-state index contributed by atoms with van der Waals surface area (Å²) < 4.78 is 40.4. The number of benzene rings is 3. The molecular weight excluding hydrogens is 339 g/mol. The standard InChI is InChI=1S/C19H15FN2O2S/c20-15-8-10-16(11-9-15)25(23,24)22-13-12-21-19(22)18-7-3-5-14-4-1-2-6-17(14)18/h1-11H,12-13H2. The zero-order chi connectivity index (χ0) is 17.4. The first-order chi connectivity index (χ1) is 12.1. The second-order valence-corrected chi connectivity index (χ2v) is 7.63. The highest BCUT2D eigenvalue weighted by Gasteiger charge is 2.32. The van der Waals surface area contributed by atoms with Crippen LogP contribution in [-0.4, -0.2) is 31.6 Å². The molecule has 0 saturated heterocycles. The molecule has 25 heavy (non-hydrogen) atoms. The number of fused-ring (bicyclic) bond motifs is 1. The van der Waals surface area contributed by atoms with Gasteiger partial charge in [0.2, 0.25) is 0 Å². The molecular formula is C19H15FN2O2S. The van der Waals surface area contributed by atoms with Gasteiger partial charge < -0.3 is 0 Å². The van der Waals surface area contributed by atoms with Gasteiger partial charge in [0, 0.05) is 5.56 Å². The van der Waals surface area contributed by atoms with Crippen molar-refractivity contribution in [1.29, 1.82) is 0 Å². The van der Waals surface area contributed by atoms with Gasteiger partial charge in [0.1, 0.15) is 11.7 Å². The van der Waals surface area contributed by atoms with Crippen LogP contribution in [0.1, 0.15) is 5.56 Å². The van der Waals surface area contributed by atoms with Gasteiger partial charge in [-0.3, -0.25) is 4.99 Å². The summed E-state index contributed by atoms with van der Waals surface area (Å²) in [6.07, 6.45) is 0. The lowest BCUT2D eigenvalue weighted by atomic mass is 10.0. The third-order valence-electron chi connectivity index (χ3n) is 4.23. The van der Waals surface area contributed by atoms with Crippen LogP contribution in [0, 0.1) is 5.82 Å². The Morgan fingerprint density at radius 2 is 1.64 bits per heavy atom. The van der Waals surface area contributed by atoms with E-state index in [1.165, 1.54) is 16.4 Å². The molecule has 0 spiro atoms. The average molecular weight is 354 g/mol. The fourth-order valence-electron chi connectivity index (χ4n) is 3.04. The smallest absolute Gasteiger partial charge is 0.265 e. The molecule has 3 aromatic carbocycles. The maximum atomic E-state index is 13.1. The van der Waals surface area contributed by atoms with Crippen LogP contribution in [0.25, 0.3) is 10.8 Å². The Kier molecular flexibility index (Phi) is 3.77. The van der Waals surface area contributed by atoms with E-state index < -0.39 is 15.8 Å². The summed E-state index contributed by atoms with van der Waals surface area (Å²) in [6.45, 7) is 0.678. The molecule has 0 radical (unpaired) electrons. The van der Waals surface area contributed by atoms with Crippen LogP contribution in [0.4, 0.5) is 4.39 Å². The number of hydrogen-bond donors (Lipinski definition) is 0. The Hall–Kier alpha value is -2.73. The highest BCUT2D eigenvalue weighted by molar-refractivity contribution is 7.89. The normalized spacial score (nSPS) is 14.8. The van der Waals surface area contributed by atoms with E-state index in [0.29, 0.717) is 12.4 Å². The molecule has 0 unspecified atom stereocenters. The average Bonchev–Trinajstić information content (AvgIpc) is 3.12. The van der Waals surface area contributed by atoms with Gasteiger partial charge >= 0.3 is 0 Å². The Labute approximate surface area is 145 Å². The van der Waals surface area contributed by atoms with E-state index in [1.54, 1.807) is 0 Å². The first-order valence-electron chi connectivity index (χ1n) is 7.88. The van der Waals surface area contributed by atoms with Gasteiger partial charge in [-0.15, -0.1) is 0 Å². The molecule has 4 rings (SSSR count). The second kappa shape index (κ2) is 5.97. The predicted molar refractivity (Wildman–Crippen MR) is 95.6 cm³/mol. The molecule has 1 aliphatic rings. The summed E-state index contributed by atoms with van der Waals surface area (Å²) in [5.41, 5.74) is 0.779. The summed E-state index contributed by atoms with van der Waals surface area (Å²) in [4.78, 5) is 4.50. The van der Waals surface area contributed by atoms with Crippen molar-refractivity contribution in [3.8, 4) is 0 Å². The van der Waals surface area contributed by atoms with Crippen LogP contribution in [0.2, 0.25) is 0 Å². The highest BCUT2D eigenvalue weighted by Crippen LogP contribution is 2.26. The van der Waals surface area contributed by atoms with Crippen molar-refractivity contribution >= 4 is 26.6 Å². The van der Waals surface area contributed by atoms with Crippen LogP contribution in [0.3, 0.4) is 0 Å². The molecule has 126 valence electrons. The van der Waals surface area contributed by atoms with Gasteiger partial charge in [0.15, 0.2) is 0 Å². The van der Waals surface area contributed by atoms with Crippen molar-refractivity contribution < 1.29 is 12.8 Å². The maximum Gasteiger partial charge on any atom is 0.265 e. The van der Waals surface area contributed by atoms with Gasteiger partial charge in [-0.05, 0) is 35.0 Å². The van der Waals surface area contributed by atoms with Crippen molar-refractivity contribution in [3.63, 3.8) is 0 Å². The van der Waals surface area contributed by atoms with Crippen molar-refractivity contribution in [3.05, 3.63) is 78.1 Å².